The van der Waals surface area contributed by atoms with Gasteiger partial charge in [0, 0.05) is 41.7 Å². The molecule has 0 saturated heterocycles. The fourth-order valence-electron chi connectivity index (χ4n) is 2.46. The summed E-state index contributed by atoms with van der Waals surface area (Å²) in [5.41, 5.74) is 2.14. The minimum Gasteiger partial charge on any atom is -0.396 e. The number of hydrogen-bond acceptors (Lipinski definition) is 2. The molecule has 0 amide bonds. The lowest BCUT2D eigenvalue weighted by Gasteiger charge is -2.21. The minimum absolute atomic E-state index is 0.266. The van der Waals surface area contributed by atoms with Crippen LogP contribution in [-0.4, -0.2) is 21.3 Å². The molecule has 2 heterocycles. The molecule has 1 N–H and O–H groups in total. The summed E-state index contributed by atoms with van der Waals surface area (Å²) in [6, 6.07) is 8.13. The van der Waals surface area contributed by atoms with E-state index in [1.807, 2.05) is 18.2 Å². The number of aryl methyl sites for hydroxylation is 1. The Balaban J connectivity index is 1.97. The molecule has 94 valence electrons. The summed E-state index contributed by atoms with van der Waals surface area (Å²) in [6.45, 7) is 1.14. The molecule has 4 heteroatoms. The molecule has 2 aromatic rings. The van der Waals surface area contributed by atoms with Gasteiger partial charge in [0.2, 0.25) is 0 Å². The number of nitrogens with zero attached hydrogens (tertiary/aromatic N) is 2. The fraction of sp³-hybridized carbons (Fsp3) is 0.357. The van der Waals surface area contributed by atoms with E-state index >= 15 is 0 Å². The molecule has 3 rings (SSSR count). The highest BCUT2D eigenvalue weighted by atomic mass is 79.9. The maximum Gasteiger partial charge on any atom is 0.109 e. The Morgan fingerprint density at radius 2 is 2.22 bits per heavy atom. The second-order valence-electron chi connectivity index (χ2n) is 4.76. The number of benzene rings is 1. The van der Waals surface area contributed by atoms with Crippen LogP contribution in [0.5, 0.6) is 0 Å². The van der Waals surface area contributed by atoms with Crippen LogP contribution in [0.15, 0.2) is 34.9 Å². The van der Waals surface area contributed by atoms with Crippen molar-refractivity contribution in [3.63, 3.8) is 0 Å². The van der Waals surface area contributed by atoms with Crippen LogP contribution in [0, 0.1) is 5.92 Å². The van der Waals surface area contributed by atoms with Gasteiger partial charge >= 0.3 is 0 Å². The van der Waals surface area contributed by atoms with Crippen LogP contribution in [0.4, 0.5) is 0 Å². The normalized spacial score (nSPS) is 18.7. The maximum absolute atomic E-state index is 9.24. The van der Waals surface area contributed by atoms with Crippen LogP contribution in [0.2, 0.25) is 0 Å². The topological polar surface area (TPSA) is 38.1 Å². The number of imidazole rings is 1. The molecule has 0 saturated carbocycles. The van der Waals surface area contributed by atoms with Crippen LogP contribution in [0.1, 0.15) is 12.2 Å². The summed E-state index contributed by atoms with van der Waals surface area (Å²) >= 11 is 3.56. The van der Waals surface area contributed by atoms with Gasteiger partial charge in [0.1, 0.15) is 5.82 Å². The number of halogens is 1. The van der Waals surface area contributed by atoms with Crippen molar-refractivity contribution in [2.45, 2.75) is 19.4 Å². The number of hydrogen-bond donors (Lipinski definition) is 1. The van der Waals surface area contributed by atoms with Crippen LogP contribution in [0.3, 0.4) is 0 Å². The van der Waals surface area contributed by atoms with E-state index in [9.17, 15) is 5.11 Å². The van der Waals surface area contributed by atoms with Crippen molar-refractivity contribution in [3.8, 4) is 11.3 Å². The van der Waals surface area contributed by atoms with Crippen LogP contribution in [0.25, 0.3) is 11.3 Å². The molecule has 0 spiro atoms. The summed E-state index contributed by atoms with van der Waals surface area (Å²) in [5, 5.41) is 9.24. The zero-order valence-corrected chi connectivity index (χ0v) is 11.6. The van der Waals surface area contributed by atoms with Crippen molar-refractivity contribution >= 4 is 15.9 Å². The number of aliphatic hydroxyl groups excluding tert-OH is 1. The Kier molecular flexibility index (Phi) is 3.22. The SMILES string of the molecule is OCC1CCc2nc(-c3ccccc3Br)cn2C1. The lowest BCUT2D eigenvalue weighted by atomic mass is 10.0. The van der Waals surface area contributed by atoms with Gasteiger partial charge in [-0.15, -0.1) is 0 Å². The van der Waals surface area contributed by atoms with E-state index in [1.54, 1.807) is 0 Å². The molecule has 18 heavy (non-hydrogen) atoms. The first-order chi connectivity index (χ1) is 8.78. The predicted molar refractivity (Wildman–Crippen MR) is 74.3 cm³/mol. The van der Waals surface area contributed by atoms with Crippen LogP contribution >= 0.6 is 15.9 Å². The maximum atomic E-state index is 9.24. The smallest absolute Gasteiger partial charge is 0.109 e. The van der Waals surface area contributed by atoms with Gasteiger partial charge in [-0.1, -0.05) is 34.1 Å². The van der Waals surface area contributed by atoms with Crippen molar-refractivity contribution in [1.29, 1.82) is 0 Å². The molecule has 0 bridgehead atoms. The quantitative estimate of drug-likeness (QED) is 0.926. The summed E-state index contributed by atoms with van der Waals surface area (Å²) in [6.07, 6.45) is 4.08. The zero-order valence-electron chi connectivity index (χ0n) is 10.0. The Morgan fingerprint density at radius 3 is 3.00 bits per heavy atom. The van der Waals surface area contributed by atoms with Crippen molar-refractivity contribution in [3.05, 3.63) is 40.8 Å². The fourth-order valence-corrected chi connectivity index (χ4v) is 2.95. The third-order valence-electron chi connectivity index (χ3n) is 3.50. The molecule has 3 nitrogen and oxygen atoms in total. The van der Waals surface area contributed by atoms with Gasteiger partial charge in [-0.25, -0.2) is 4.98 Å². The molecule has 0 fully saturated rings. The molecular weight excluding hydrogens is 292 g/mol. The number of aliphatic hydroxyl groups is 1. The largest absolute Gasteiger partial charge is 0.396 e. The van der Waals surface area contributed by atoms with Crippen molar-refractivity contribution in [1.82, 2.24) is 9.55 Å². The predicted octanol–water partition coefficient (Wildman–Crippen LogP) is 2.87. The lowest BCUT2D eigenvalue weighted by molar-refractivity contribution is 0.190. The van der Waals surface area contributed by atoms with Crippen LogP contribution < -0.4 is 0 Å². The van der Waals surface area contributed by atoms with Gasteiger partial charge < -0.3 is 9.67 Å². The molecule has 1 unspecified atom stereocenters. The van der Waals surface area contributed by atoms with Gasteiger partial charge in [-0.3, -0.25) is 0 Å². The van der Waals surface area contributed by atoms with E-state index < -0.39 is 0 Å². The zero-order chi connectivity index (χ0) is 12.5. The van der Waals surface area contributed by atoms with E-state index in [0.29, 0.717) is 5.92 Å². The Hall–Kier alpha value is -1.13. The van der Waals surface area contributed by atoms with Crippen molar-refractivity contribution in [2.75, 3.05) is 6.61 Å². The summed E-state index contributed by atoms with van der Waals surface area (Å²) in [7, 11) is 0. The molecule has 1 aliphatic rings. The first-order valence-electron chi connectivity index (χ1n) is 6.19. The molecular formula is C14H15BrN2O. The molecule has 0 aliphatic carbocycles. The van der Waals surface area contributed by atoms with Crippen molar-refractivity contribution < 1.29 is 5.11 Å². The van der Waals surface area contributed by atoms with Gasteiger partial charge in [-0.05, 0) is 12.5 Å². The third-order valence-corrected chi connectivity index (χ3v) is 4.19. The highest BCUT2D eigenvalue weighted by Gasteiger charge is 2.20. The Morgan fingerprint density at radius 1 is 1.39 bits per heavy atom. The Labute approximate surface area is 115 Å². The number of aromatic nitrogens is 2. The summed E-state index contributed by atoms with van der Waals surface area (Å²) in [4.78, 5) is 4.70. The van der Waals surface area contributed by atoms with E-state index in [0.717, 1.165) is 40.9 Å². The monoisotopic (exact) mass is 306 g/mol. The van der Waals surface area contributed by atoms with Gasteiger partial charge in [0.05, 0.1) is 5.69 Å². The van der Waals surface area contributed by atoms with Gasteiger partial charge in [-0.2, -0.15) is 0 Å². The summed E-state index contributed by atoms with van der Waals surface area (Å²) < 4.78 is 3.25. The lowest BCUT2D eigenvalue weighted by Crippen LogP contribution is -2.22. The molecule has 1 aliphatic heterocycles. The number of rotatable bonds is 2. The van der Waals surface area contributed by atoms with E-state index in [1.165, 1.54) is 0 Å². The van der Waals surface area contributed by atoms with E-state index in [2.05, 4.69) is 32.8 Å². The number of fused-ring (bicyclic) bond motifs is 1. The highest BCUT2D eigenvalue weighted by molar-refractivity contribution is 9.10. The third kappa shape index (κ3) is 2.10. The molecule has 0 radical (unpaired) electrons. The minimum atomic E-state index is 0.266. The average molecular weight is 307 g/mol. The average Bonchev–Trinajstić information content (AvgIpc) is 2.81. The van der Waals surface area contributed by atoms with Crippen LogP contribution in [-0.2, 0) is 13.0 Å². The second kappa shape index (κ2) is 4.86. The first-order valence-corrected chi connectivity index (χ1v) is 6.99. The van der Waals surface area contributed by atoms with E-state index in [-0.39, 0.29) is 6.61 Å². The molecule has 1 aromatic carbocycles. The van der Waals surface area contributed by atoms with Gasteiger partial charge in [0.25, 0.3) is 0 Å². The highest BCUT2D eigenvalue weighted by Crippen LogP contribution is 2.29. The van der Waals surface area contributed by atoms with E-state index in [4.69, 9.17) is 4.98 Å². The first kappa shape index (κ1) is 11.9. The second-order valence-corrected chi connectivity index (χ2v) is 5.62. The van der Waals surface area contributed by atoms with Gasteiger partial charge in [0.15, 0.2) is 0 Å². The molecule has 1 aromatic heterocycles. The van der Waals surface area contributed by atoms with Crippen molar-refractivity contribution in [2.24, 2.45) is 5.92 Å². The Bertz CT molecular complexity index is 565. The summed E-state index contributed by atoms with van der Waals surface area (Å²) in [5.74, 6) is 1.50. The molecule has 1 atom stereocenters. The standard InChI is InChI=1S/C14H15BrN2O/c15-12-4-2-1-3-11(12)13-8-17-7-10(9-18)5-6-14(17)16-13/h1-4,8,10,18H,5-7,9H2.